The molecule has 1 aliphatic rings. The molecule has 70 valence electrons. The Morgan fingerprint density at radius 2 is 2.54 bits per heavy atom. The van der Waals surface area contributed by atoms with Crippen LogP contribution in [0.15, 0.2) is 6.33 Å². The van der Waals surface area contributed by atoms with Crippen LogP contribution in [0.2, 0.25) is 0 Å². The van der Waals surface area contributed by atoms with Crippen molar-refractivity contribution in [2.45, 2.75) is 6.17 Å². The van der Waals surface area contributed by atoms with Crippen LogP contribution in [-0.2, 0) is 4.79 Å². The average molecular weight is 184 g/mol. The lowest BCUT2D eigenvalue weighted by atomic mass is 10.1. The van der Waals surface area contributed by atoms with Crippen molar-refractivity contribution in [3.63, 3.8) is 0 Å². The van der Waals surface area contributed by atoms with E-state index in [1.54, 1.807) is 0 Å². The van der Waals surface area contributed by atoms with Crippen LogP contribution >= 0.6 is 0 Å². The van der Waals surface area contributed by atoms with Crippen molar-refractivity contribution < 1.29 is 9.90 Å². The summed E-state index contributed by atoms with van der Waals surface area (Å²) in [5.74, 6) is -1.43. The predicted molar refractivity (Wildman–Crippen MR) is 39.1 cm³/mol. The van der Waals surface area contributed by atoms with Gasteiger partial charge in [-0.05, 0) is 10.4 Å². The summed E-state index contributed by atoms with van der Waals surface area (Å²) < 4.78 is 1.37. The number of rotatable bonds is 2. The molecule has 0 aliphatic carbocycles. The molecule has 0 radical (unpaired) electrons. The van der Waals surface area contributed by atoms with Crippen molar-refractivity contribution in [1.82, 2.24) is 31.1 Å². The predicted octanol–water partition coefficient (Wildman–Crippen LogP) is -2.02. The minimum atomic E-state index is -0.877. The summed E-state index contributed by atoms with van der Waals surface area (Å²) in [6, 6.07) is 0. The molecule has 0 amide bonds. The molecule has 1 aromatic rings. The highest BCUT2D eigenvalue weighted by Crippen LogP contribution is 2.16. The second-order valence-electron chi connectivity index (χ2n) is 2.70. The molecule has 8 nitrogen and oxygen atoms in total. The van der Waals surface area contributed by atoms with Gasteiger partial charge in [-0.25, -0.2) is 10.1 Å². The Morgan fingerprint density at radius 3 is 3.15 bits per heavy atom. The fourth-order valence-corrected chi connectivity index (χ4v) is 1.25. The second-order valence-corrected chi connectivity index (χ2v) is 2.70. The number of carbonyl (C=O) groups is 1. The number of carboxylic acid groups (broad SMARTS) is 1. The molecule has 8 heteroatoms. The molecule has 2 rings (SSSR count). The van der Waals surface area contributed by atoms with Gasteiger partial charge in [0.2, 0.25) is 0 Å². The van der Waals surface area contributed by atoms with Crippen LogP contribution < -0.4 is 10.9 Å². The third-order valence-electron chi connectivity index (χ3n) is 1.92. The van der Waals surface area contributed by atoms with Gasteiger partial charge in [0, 0.05) is 6.54 Å². The Labute approximate surface area is 72.9 Å². The molecule has 0 spiro atoms. The number of hydrogen-bond donors (Lipinski definition) is 3. The molecule has 1 fully saturated rings. The molecular weight excluding hydrogens is 176 g/mol. The van der Waals surface area contributed by atoms with Crippen molar-refractivity contribution >= 4 is 5.97 Å². The molecule has 1 saturated heterocycles. The fourth-order valence-electron chi connectivity index (χ4n) is 1.25. The van der Waals surface area contributed by atoms with E-state index in [2.05, 4.69) is 26.4 Å². The Morgan fingerprint density at radius 1 is 1.69 bits per heavy atom. The van der Waals surface area contributed by atoms with Crippen LogP contribution in [0.3, 0.4) is 0 Å². The van der Waals surface area contributed by atoms with E-state index >= 15 is 0 Å². The number of aromatic nitrogens is 4. The standard InChI is InChI=1S/C5H8N6O2/c12-5(13)3-1-6-8-4(3)11-2-7-9-10-11/h2-4,6,8H,1H2,(H,12,13). The maximum Gasteiger partial charge on any atom is 0.311 e. The van der Waals surface area contributed by atoms with E-state index in [1.807, 2.05) is 0 Å². The summed E-state index contributed by atoms with van der Waals surface area (Å²) in [7, 11) is 0. The fraction of sp³-hybridized carbons (Fsp3) is 0.600. The van der Waals surface area contributed by atoms with Gasteiger partial charge in [0.05, 0.1) is 0 Å². The van der Waals surface area contributed by atoms with Gasteiger partial charge in [-0.15, -0.1) is 5.10 Å². The summed E-state index contributed by atoms with van der Waals surface area (Å²) in [6.07, 6.45) is 0.952. The molecule has 2 heterocycles. The van der Waals surface area contributed by atoms with E-state index in [9.17, 15) is 4.79 Å². The molecule has 1 aliphatic heterocycles. The highest BCUT2D eigenvalue weighted by atomic mass is 16.4. The summed E-state index contributed by atoms with van der Waals surface area (Å²) >= 11 is 0. The summed E-state index contributed by atoms with van der Waals surface area (Å²) in [5.41, 5.74) is 5.52. The van der Waals surface area contributed by atoms with Gasteiger partial charge in [-0.1, -0.05) is 0 Å². The molecule has 2 unspecified atom stereocenters. The van der Waals surface area contributed by atoms with Crippen LogP contribution in [0.5, 0.6) is 0 Å². The molecule has 13 heavy (non-hydrogen) atoms. The number of aliphatic carboxylic acids is 1. The highest BCUT2D eigenvalue weighted by Gasteiger charge is 2.34. The minimum Gasteiger partial charge on any atom is -0.481 e. The molecule has 0 saturated carbocycles. The average Bonchev–Trinajstić information content (AvgIpc) is 2.74. The van der Waals surface area contributed by atoms with Gasteiger partial charge in [-0.3, -0.25) is 10.2 Å². The Hall–Kier alpha value is -1.54. The zero-order valence-corrected chi connectivity index (χ0v) is 6.58. The van der Waals surface area contributed by atoms with Crippen molar-refractivity contribution in [2.75, 3.05) is 6.54 Å². The second kappa shape index (κ2) is 3.07. The van der Waals surface area contributed by atoms with Crippen molar-refractivity contribution in [3.05, 3.63) is 6.33 Å². The largest absolute Gasteiger partial charge is 0.481 e. The first-order valence-corrected chi connectivity index (χ1v) is 3.72. The normalized spacial score (nSPS) is 27.7. The molecule has 3 N–H and O–H groups in total. The van der Waals surface area contributed by atoms with Crippen LogP contribution in [-0.4, -0.2) is 37.8 Å². The number of tetrazole rings is 1. The quantitative estimate of drug-likeness (QED) is 0.487. The van der Waals surface area contributed by atoms with E-state index in [1.165, 1.54) is 11.0 Å². The van der Waals surface area contributed by atoms with E-state index in [0.717, 1.165) is 0 Å². The van der Waals surface area contributed by atoms with E-state index in [-0.39, 0.29) is 0 Å². The Balaban J connectivity index is 2.19. The van der Waals surface area contributed by atoms with Crippen LogP contribution in [0.25, 0.3) is 0 Å². The van der Waals surface area contributed by atoms with Gasteiger partial charge in [0.15, 0.2) is 0 Å². The summed E-state index contributed by atoms with van der Waals surface area (Å²) in [6.45, 7) is 0.361. The first kappa shape index (κ1) is 8.08. The third-order valence-corrected chi connectivity index (χ3v) is 1.92. The molecular formula is C5H8N6O2. The first-order valence-electron chi connectivity index (χ1n) is 3.72. The van der Waals surface area contributed by atoms with Crippen molar-refractivity contribution in [2.24, 2.45) is 5.92 Å². The molecule has 0 aromatic carbocycles. The molecule has 2 atom stereocenters. The van der Waals surface area contributed by atoms with Gasteiger partial charge in [-0.2, -0.15) is 0 Å². The van der Waals surface area contributed by atoms with Gasteiger partial charge < -0.3 is 5.11 Å². The van der Waals surface area contributed by atoms with Crippen molar-refractivity contribution in [3.8, 4) is 0 Å². The summed E-state index contributed by atoms with van der Waals surface area (Å²) in [4.78, 5) is 10.7. The zero-order chi connectivity index (χ0) is 9.26. The minimum absolute atomic E-state index is 0.361. The van der Waals surface area contributed by atoms with Gasteiger partial charge >= 0.3 is 5.97 Å². The van der Waals surface area contributed by atoms with Crippen molar-refractivity contribution in [1.29, 1.82) is 0 Å². The summed E-state index contributed by atoms with van der Waals surface area (Å²) in [5, 5.41) is 19.3. The lowest BCUT2D eigenvalue weighted by molar-refractivity contribution is -0.142. The SMILES string of the molecule is O=C(O)C1CNNC1n1cnnn1. The van der Waals surface area contributed by atoms with Gasteiger partial charge in [0.1, 0.15) is 18.4 Å². The Bertz CT molecular complexity index is 298. The smallest absolute Gasteiger partial charge is 0.311 e. The lowest BCUT2D eigenvalue weighted by Gasteiger charge is -2.12. The highest BCUT2D eigenvalue weighted by molar-refractivity contribution is 5.71. The number of nitrogens with one attached hydrogen (secondary N) is 2. The Kier molecular flexibility index (Phi) is 1.91. The topological polar surface area (TPSA) is 105 Å². The number of hydrazine groups is 1. The number of hydrogen-bond acceptors (Lipinski definition) is 6. The lowest BCUT2D eigenvalue weighted by Crippen LogP contribution is -2.31. The van der Waals surface area contributed by atoms with Gasteiger partial charge in [0.25, 0.3) is 0 Å². The van der Waals surface area contributed by atoms with E-state index < -0.39 is 18.1 Å². The van der Waals surface area contributed by atoms with E-state index in [0.29, 0.717) is 6.54 Å². The van der Waals surface area contributed by atoms with Crippen LogP contribution in [0.4, 0.5) is 0 Å². The molecule has 0 bridgehead atoms. The van der Waals surface area contributed by atoms with E-state index in [4.69, 9.17) is 5.11 Å². The first-order chi connectivity index (χ1) is 6.29. The maximum atomic E-state index is 10.7. The van der Waals surface area contributed by atoms with Crippen LogP contribution in [0, 0.1) is 5.92 Å². The van der Waals surface area contributed by atoms with Crippen LogP contribution in [0.1, 0.15) is 6.17 Å². The molecule has 1 aromatic heterocycles. The monoisotopic (exact) mass is 184 g/mol. The number of carboxylic acids is 1. The third kappa shape index (κ3) is 1.36. The maximum absolute atomic E-state index is 10.7. The number of nitrogens with zero attached hydrogens (tertiary/aromatic N) is 4. The zero-order valence-electron chi connectivity index (χ0n) is 6.58.